The van der Waals surface area contributed by atoms with Gasteiger partial charge in [-0.2, -0.15) is 0 Å². The minimum absolute atomic E-state index is 0.197. The monoisotopic (exact) mass is 198 g/mol. The first-order chi connectivity index (χ1) is 6.49. The van der Waals surface area contributed by atoms with Crippen LogP contribution < -0.4 is 11.1 Å². The van der Waals surface area contributed by atoms with E-state index in [0.29, 0.717) is 6.04 Å². The Hall–Kier alpha value is -0.570. The topological polar surface area (TPSA) is 55.1 Å². The molecule has 0 saturated heterocycles. The highest BCUT2D eigenvalue weighted by Gasteiger charge is 2.25. The van der Waals surface area contributed by atoms with E-state index in [1.54, 1.807) is 0 Å². The summed E-state index contributed by atoms with van der Waals surface area (Å²) in [6.07, 6.45) is 3.65. The highest BCUT2D eigenvalue weighted by molar-refractivity contribution is 5.79. The van der Waals surface area contributed by atoms with E-state index in [0.717, 1.165) is 11.8 Å². The van der Waals surface area contributed by atoms with Gasteiger partial charge in [0, 0.05) is 6.04 Å². The van der Waals surface area contributed by atoms with Crippen molar-refractivity contribution in [3.8, 4) is 0 Å². The summed E-state index contributed by atoms with van der Waals surface area (Å²) in [5, 5.41) is 3.30. The van der Waals surface area contributed by atoms with Gasteiger partial charge in [-0.1, -0.05) is 13.8 Å². The first-order valence-corrected chi connectivity index (χ1v) is 5.54. The van der Waals surface area contributed by atoms with Gasteiger partial charge in [-0.25, -0.2) is 0 Å². The van der Waals surface area contributed by atoms with Gasteiger partial charge < -0.3 is 11.1 Å². The highest BCUT2D eigenvalue weighted by Crippen LogP contribution is 2.28. The number of hydrogen-bond acceptors (Lipinski definition) is 2. The third kappa shape index (κ3) is 3.29. The molecule has 0 aromatic carbocycles. The van der Waals surface area contributed by atoms with Crippen molar-refractivity contribution in [3.05, 3.63) is 0 Å². The summed E-state index contributed by atoms with van der Waals surface area (Å²) in [6.45, 7) is 6.39. The molecule has 0 aromatic rings. The number of carbonyl (C=O) groups excluding carboxylic acids is 1. The van der Waals surface area contributed by atoms with Crippen LogP contribution in [0.1, 0.15) is 40.0 Å². The standard InChI is InChI=1S/C11H22N2O/c1-7-4-8(2)6-10(5-7)13-9(3)11(12)14/h7-10,13H,4-6H2,1-3H3,(H2,12,14). The van der Waals surface area contributed by atoms with Crippen molar-refractivity contribution in [1.29, 1.82) is 0 Å². The van der Waals surface area contributed by atoms with Gasteiger partial charge in [0.05, 0.1) is 6.04 Å². The average molecular weight is 198 g/mol. The van der Waals surface area contributed by atoms with Crippen molar-refractivity contribution >= 4 is 5.91 Å². The molecule has 3 atom stereocenters. The fourth-order valence-corrected chi connectivity index (χ4v) is 2.52. The molecule has 3 unspecified atom stereocenters. The van der Waals surface area contributed by atoms with Gasteiger partial charge in [0.25, 0.3) is 0 Å². The van der Waals surface area contributed by atoms with Gasteiger partial charge in [0.15, 0.2) is 0 Å². The third-order valence-electron chi connectivity index (χ3n) is 3.09. The number of nitrogens with two attached hydrogens (primary N) is 1. The molecular formula is C11H22N2O. The molecule has 1 saturated carbocycles. The molecule has 0 bridgehead atoms. The van der Waals surface area contributed by atoms with Crippen LogP contribution in [-0.2, 0) is 4.79 Å². The van der Waals surface area contributed by atoms with Gasteiger partial charge in [0.1, 0.15) is 0 Å². The van der Waals surface area contributed by atoms with Crippen molar-refractivity contribution in [2.45, 2.75) is 52.1 Å². The second-order valence-electron chi connectivity index (χ2n) is 4.91. The highest BCUT2D eigenvalue weighted by atomic mass is 16.1. The van der Waals surface area contributed by atoms with E-state index in [1.807, 2.05) is 6.92 Å². The molecule has 1 fully saturated rings. The quantitative estimate of drug-likeness (QED) is 0.717. The number of primary amides is 1. The van der Waals surface area contributed by atoms with E-state index in [4.69, 9.17) is 5.73 Å². The second kappa shape index (κ2) is 4.78. The number of rotatable bonds is 3. The molecule has 14 heavy (non-hydrogen) atoms. The zero-order valence-corrected chi connectivity index (χ0v) is 9.42. The summed E-state index contributed by atoms with van der Waals surface area (Å²) in [4.78, 5) is 10.9. The Morgan fingerprint density at radius 1 is 1.29 bits per heavy atom. The molecule has 82 valence electrons. The third-order valence-corrected chi connectivity index (χ3v) is 3.09. The van der Waals surface area contributed by atoms with E-state index in [-0.39, 0.29) is 11.9 Å². The lowest BCUT2D eigenvalue weighted by Gasteiger charge is -2.33. The fraction of sp³-hybridized carbons (Fsp3) is 0.909. The van der Waals surface area contributed by atoms with Crippen molar-refractivity contribution in [2.75, 3.05) is 0 Å². The van der Waals surface area contributed by atoms with Gasteiger partial charge >= 0.3 is 0 Å². The summed E-state index contributed by atoms with van der Waals surface area (Å²) in [5.74, 6) is 1.27. The molecule has 3 N–H and O–H groups in total. The Kier molecular flexibility index (Phi) is 3.93. The van der Waals surface area contributed by atoms with Crippen LogP contribution in [0.25, 0.3) is 0 Å². The second-order valence-corrected chi connectivity index (χ2v) is 4.91. The molecule has 1 rings (SSSR count). The Morgan fingerprint density at radius 3 is 2.21 bits per heavy atom. The maximum Gasteiger partial charge on any atom is 0.234 e. The van der Waals surface area contributed by atoms with Crippen molar-refractivity contribution < 1.29 is 4.79 Å². The fourth-order valence-electron chi connectivity index (χ4n) is 2.52. The SMILES string of the molecule is CC1CC(C)CC(NC(C)C(N)=O)C1. The van der Waals surface area contributed by atoms with Gasteiger partial charge in [-0.15, -0.1) is 0 Å². The predicted molar refractivity (Wildman–Crippen MR) is 57.8 cm³/mol. The lowest BCUT2D eigenvalue weighted by molar-refractivity contribution is -0.119. The Bertz CT molecular complexity index is 195. The molecule has 1 aliphatic rings. The molecule has 3 nitrogen and oxygen atoms in total. The largest absolute Gasteiger partial charge is 0.368 e. The maximum absolute atomic E-state index is 10.9. The maximum atomic E-state index is 10.9. The van der Waals surface area contributed by atoms with E-state index >= 15 is 0 Å². The molecule has 0 spiro atoms. The Morgan fingerprint density at radius 2 is 1.79 bits per heavy atom. The van der Waals surface area contributed by atoms with Gasteiger partial charge in [-0.05, 0) is 38.0 Å². The molecule has 1 amide bonds. The minimum atomic E-state index is -0.254. The zero-order chi connectivity index (χ0) is 10.7. The molecule has 0 aliphatic heterocycles. The molecule has 1 aliphatic carbocycles. The molecular weight excluding hydrogens is 176 g/mol. The molecule has 0 radical (unpaired) electrons. The normalized spacial score (nSPS) is 35.2. The first kappa shape index (κ1) is 11.5. The van der Waals surface area contributed by atoms with E-state index in [1.165, 1.54) is 19.3 Å². The summed E-state index contributed by atoms with van der Waals surface area (Å²) in [7, 11) is 0. The first-order valence-electron chi connectivity index (χ1n) is 5.54. The van der Waals surface area contributed by atoms with Crippen LogP contribution in [0, 0.1) is 11.8 Å². The summed E-state index contributed by atoms with van der Waals surface area (Å²) in [6, 6.07) is 0.272. The lowest BCUT2D eigenvalue weighted by atomic mass is 9.80. The average Bonchev–Trinajstić information content (AvgIpc) is 2.01. The van der Waals surface area contributed by atoms with Crippen molar-refractivity contribution in [1.82, 2.24) is 5.32 Å². The number of hydrogen-bond donors (Lipinski definition) is 2. The predicted octanol–water partition coefficient (Wildman–Crippen LogP) is 1.27. The summed E-state index contributed by atoms with van der Waals surface area (Å²) < 4.78 is 0. The van der Waals surface area contributed by atoms with Crippen LogP contribution in [0.5, 0.6) is 0 Å². The van der Waals surface area contributed by atoms with Crippen LogP contribution in [0.15, 0.2) is 0 Å². The van der Waals surface area contributed by atoms with E-state index in [9.17, 15) is 4.79 Å². The summed E-state index contributed by atoms with van der Waals surface area (Å²) >= 11 is 0. The number of nitrogens with one attached hydrogen (secondary N) is 1. The van der Waals surface area contributed by atoms with E-state index < -0.39 is 0 Å². The summed E-state index contributed by atoms with van der Waals surface area (Å²) in [5.41, 5.74) is 5.22. The van der Waals surface area contributed by atoms with Crippen LogP contribution >= 0.6 is 0 Å². The van der Waals surface area contributed by atoms with E-state index in [2.05, 4.69) is 19.2 Å². The van der Waals surface area contributed by atoms with Gasteiger partial charge in [-0.3, -0.25) is 4.79 Å². The number of carbonyl (C=O) groups is 1. The Balaban J connectivity index is 2.40. The smallest absolute Gasteiger partial charge is 0.234 e. The van der Waals surface area contributed by atoms with Crippen LogP contribution in [0.2, 0.25) is 0 Å². The van der Waals surface area contributed by atoms with Crippen LogP contribution in [0.3, 0.4) is 0 Å². The molecule has 0 aromatic heterocycles. The van der Waals surface area contributed by atoms with Gasteiger partial charge in [0.2, 0.25) is 5.91 Å². The zero-order valence-electron chi connectivity index (χ0n) is 9.42. The van der Waals surface area contributed by atoms with Crippen LogP contribution in [0.4, 0.5) is 0 Å². The van der Waals surface area contributed by atoms with Crippen LogP contribution in [-0.4, -0.2) is 18.0 Å². The van der Waals surface area contributed by atoms with Crippen molar-refractivity contribution in [2.24, 2.45) is 17.6 Å². The minimum Gasteiger partial charge on any atom is -0.368 e. The Labute approximate surface area is 86.4 Å². The molecule has 3 heteroatoms. The van der Waals surface area contributed by atoms with Crippen molar-refractivity contribution in [3.63, 3.8) is 0 Å². The number of amides is 1. The molecule has 0 heterocycles. The lowest BCUT2D eigenvalue weighted by Crippen LogP contribution is -2.47.